The lowest BCUT2D eigenvalue weighted by atomic mass is 9.89. The van der Waals surface area contributed by atoms with E-state index in [1.54, 1.807) is 7.11 Å². The first-order valence-corrected chi connectivity index (χ1v) is 7.61. The van der Waals surface area contributed by atoms with Gasteiger partial charge in [-0.15, -0.1) is 0 Å². The third-order valence-electron chi connectivity index (χ3n) is 4.01. The second kappa shape index (κ2) is 7.15. The number of benzene rings is 1. The van der Waals surface area contributed by atoms with E-state index in [-0.39, 0.29) is 11.3 Å². The zero-order chi connectivity index (χ0) is 14.5. The molecule has 0 unspecified atom stereocenters. The van der Waals surface area contributed by atoms with Crippen LogP contribution < -0.4 is 10.1 Å². The van der Waals surface area contributed by atoms with Gasteiger partial charge in [0.2, 0.25) is 0 Å². The van der Waals surface area contributed by atoms with Crippen LogP contribution in [0.15, 0.2) is 16.6 Å². The van der Waals surface area contributed by atoms with Crippen LogP contribution in [-0.2, 0) is 6.54 Å². The van der Waals surface area contributed by atoms with Crippen molar-refractivity contribution in [1.29, 1.82) is 0 Å². The molecule has 4 heteroatoms. The molecule has 1 rings (SSSR count). The predicted molar refractivity (Wildman–Crippen MR) is 82.8 cm³/mol. The van der Waals surface area contributed by atoms with Crippen molar-refractivity contribution in [2.24, 2.45) is 0 Å². The van der Waals surface area contributed by atoms with Crippen molar-refractivity contribution in [3.63, 3.8) is 0 Å². The number of aromatic hydroxyl groups is 1. The number of halogens is 1. The molecular weight excluding hydrogens is 306 g/mol. The fraction of sp³-hybridized carbons (Fsp3) is 0.600. The van der Waals surface area contributed by atoms with Gasteiger partial charge in [0.05, 0.1) is 11.6 Å². The first-order chi connectivity index (χ1) is 9.01. The highest BCUT2D eigenvalue weighted by molar-refractivity contribution is 9.10. The van der Waals surface area contributed by atoms with E-state index in [2.05, 4.69) is 42.0 Å². The summed E-state index contributed by atoms with van der Waals surface area (Å²) in [5.74, 6) is 0.653. The van der Waals surface area contributed by atoms with E-state index in [1.807, 2.05) is 12.1 Å². The fourth-order valence-electron chi connectivity index (χ4n) is 2.30. The van der Waals surface area contributed by atoms with Crippen LogP contribution in [0.1, 0.15) is 45.6 Å². The number of rotatable bonds is 7. The van der Waals surface area contributed by atoms with Crippen LogP contribution in [0.2, 0.25) is 0 Å². The summed E-state index contributed by atoms with van der Waals surface area (Å²) in [6.07, 6.45) is 3.32. The number of phenols is 1. The second-order valence-corrected chi connectivity index (χ2v) is 5.68. The Morgan fingerprint density at radius 2 is 1.79 bits per heavy atom. The van der Waals surface area contributed by atoms with Crippen molar-refractivity contribution in [3.8, 4) is 11.5 Å². The number of hydrogen-bond donors (Lipinski definition) is 2. The van der Waals surface area contributed by atoms with Crippen LogP contribution in [0.3, 0.4) is 0 Å². The van der Waals surface area contributed by atoms with Gasteiger partial charge in [0.1, 0.15) is 0 Å². The average molecular weight is 330 g/mol. The summed E-state index contributed by atoms with van der Waals surface area (Å²) >= 11 is 3.35. The van der Waals surface area contributed by atoms with Gasteiger partial charge in [-0.05, 0) is 52.9 Å². The van der Waals surface area contributed by atoms with Crippen LogP contribution in [0.5, 0.6) is 11.5 Å². The molecule has 0 heterocycles. The van der Waals surface area contributed by atoms with Gasteiger partial charge in [0.25, 0.3) is 0 Å². The molecule has 3 nitrogen and oxygen atoms in total. The minimum Gasteiger partial charge on any atom is -0.503 e. The summed E-state index contributed by atoms with van der Waals surface area (Å²) in [7, 11) is 1.56. The van der Waals surface area contributed by atoms with Gasteiger partial charge in [-0.2, -0.15) is 0 Å². The van der Waals surface area contributed by atoms with Crippen LogP contribution in [-0.4, -0.2) is 17.8 Å². The monoisotopic (exact) mass is 329 g/mol. The van der Waals surface area contributed by atoms with Crippen molar-refractivity contribution < 1.29 is 9.84 Å². The van der Waals surface area contributed by atoms with E-state index in [4.69, 9.17) is 4.74 Å². The normalized spacial score (nSPS) is 11.6. The van der Waals surface area contributed by atoms with Crippen molar-refractivity contribution in [2.75, 3.05) is 7.11 Å². The minimum atomic E-state index is 0.152. The lowest BCUT2D eigenvalue weighted by Gasteiger charge is -2.32. The van der Waals surface area contributed by atoms with Gasteiger partial charge >= 0.3 is 0 Å². The van der Waals surface area contributed by atoms with Crippen LogP contribution in [0, 0.1) is 0 Å². The lowest BCUT2D eigenvalue weighted by molar-refractivity contribution is 0.287. The minimum absolute atomic E-state index is 0.152. The van der Waals surface area contributed by atoms with Gasteiger partial charge in [-0.1, -0.05) is 20.8 Å². The van der Waals surface area contributed by atoms with Gasteiger partial charge in [0.15, 0.2) is 11.5 Å². The molecule has 0 fully saturated rings. The summed E-state index contributed by atoms with van der Waals surface area (Å²) in [6.45, 7) is 7.42. The van der Waals surface area contributed by atoms with Crippen LogP contribution in [0.25, 0.3) is 0 Å². The maximum Gasteiger partial charge on any atom is 0.172 e. The van der Waals surface area contributed by atoms with Gasteiger partial charge < -0.3 is 15.2 Å². The van der Waals surface area contributed by atoms with E-state index in [1.165, 1.54) is 0 Å². The molecule has 1 aromatic carbocycles. The Hall–Kier alpha value is -0.740. The Morgan fingerprint density at radius 1 is 1.21 bits per heavy atom. The highest BCUT2D eigenvalue weighted by Crippen LogP contribution is 2.35. The van der Waals surface area contributed by atoms with Gasteiger partial charge in [-0.25, -0.2) is 0 Å². The van der Waals surface area contributed by atoms with Gasteiger partial charge in [-0.3, -0.25) is 0 Å². The molecule has 1 aromatic rings. The zero-order valence-electron chi connectivity index (χ0n) is 12.2. The van der Waals surface area contributed by atoms with Crippen molar-refractivity contribution in [1.82, 2.24) is 5.32 Å². The lowest BCUT2D eigenvalue weighted by Crippen LogP contribution is -2.43. The fourth-order valence-corrected chi connectivity index (χ4v) is 2.79. The molecule has 0 aliphatic carbocycles. The Labute approximate surface area is 124 Å². The average Bonchev–Trinajstić information content (AvgIpc) is 2.44. The smallest absolute Gasteiger partial charge is 0.172 e. The zero-order valence-corrected chi connectivity index (χ0v) is 13.8. The first-order valence-electron chi connectivity index (χ1n) is 6.82. The SMILES string of the molecule is CCC(CC)(CC)NCc1cc(Br)c(O)c(OC)c1. The number of phenolic OH excluding ortho intramolecular Hbond substituents is 1. The molecule has 2 N–H and O–H groups in total. The van der Waals surface area contributed by atoms with Gasteiger partial charge in [0, 0.05) is 12.1 Å². The summed E-state index contributed by atoms with van der Waals surface area (Å²) in [5, 5.41) is 13.4. The number of ether oxygens (including phenoxy) is 1. The number of nitrogens with one attached hydrogen (secondary N) is 1. The standard InChI is InChI=1S/C15H24BrNO2/c1-5-15(6-2,7-3)17-10-11-8-12(16)14(18)13(9-11)19-4/h8-9,17-18H,5-7,10H2,1-4H3. The molecular formula is C15H24BrNO2. The van der Waals surface area contributed by atoms with Crippen molar-refractivity contribution >= 4 is 15.9 Å². The highest BCUT2D eigenvalue weighted by atomic mass is 79.9. The topological polar surface area (TPSA) is 41.5 Å². The molecule has 0 saturated carbocycles. The van der Waals surface area contributed by atoms with Crippen LogP contribution >= 0.6 is 15.9 Å². The summed E-state index contributed by atoms with van der Waals surface area (Å²) < 4.78 is 5.84. The first kappa shape index (κ1) is 16.3. The quantitative estimate of drug-likeness (QED) is 0.786. The number of hydrogen-bond acceptors (Lipinski definition) is 3. The third kappa shape index (κ3) is 3.86. The maximum atomic E-state index is 9.80. The highest BCUT2D eigenvalue weighted by Gasteiger charge is 2.22. The molecule has 0 bridgehead atoms. The molecule has 0 spiro atoms. The van der Waals surface area contributed by atoms with Crippen LogP contribution in [0.4, 0.5) is 0 Å². The van der Waals surface area contributed by atoms with Crippen molar-refractivity contribution in [3.05, 3.63) is 22.2 Å². The largest absolute Gasteiger partial charge is 0.503 e. The third-order valence-corrected chi connectivity index (χ3v) is 4.61. The summed E-state index contributed by atoms with van der Waals surface area (Å²) in [6, 6.07) is 3.80. The van der Waals surface area contributed by atoms with E-state index >= 15 is 0 Å². The molecule has 0 amide bonds. The Morgan fingerprint density at radius 3 is 2.26 bits per heavy atom. The predicted octanol–water partition coefficient (Wildman–Crippen LogP) is 4.22. The molecule has 0 aliphatic heterocycles. The Kier molecular flexibility index (Phi) is 6.14. The Bertz CT molecular complexity index is 409. The second-order valence-electron chi connectivity index (χ2n) is 4.82. The van der Waals surface area contributed by atoms with E-state index < -0.39 is 0 Å². The Balaban J connectivity index is 2.86. The van der Waals surface area contributed by atoms with E-state index in [0.29, 0.717) is 10.2 Å². The molecule has 0 aliphatic rings. The summed E-state index contributed by atoms with van der Waals surface area (Å²) in [5.41, 5.74) is 1.29. The number of methoxy groups -OCH3 is 1. The molecule has 0 atom stereocenters. The molecule has 0 saturated heterocycles. The maximum absolute atomic E-state index is 9.80. The molecule has 108 valence electrons. The summed E-state index contributed by atoms with van der Waals surface area (Å²) in [4.78, 5) is 0. The molecule has 0 aromatic heterocycles. The van der Waals surface area contributed by atoms with Crippen molar-refractivity contribution in [2.45, 2.75) is 52.1 Å². The van der Waals surface area contributed by atoms with E-state index in [9.17, 15) is 5.11 Å². The molecule has 0 radical (unpaired) electrons. The van der Waals surface area contributed by atoms with E-state index in [0.717, 1.165) is 31.4 Å². The molecule has 19 heavy (non-hydrogen) atoms.